The number of carbonyl (C=O) groups is 11. The maximum atomic E-state index is 13.6. The van der Waals surface area contributed by atoms with E-state index in [9.17, 15) is 68.1 Å². The fourth-order valence-corrected chi connectivity index (χ4v) is 6.00. The number of nitrogens with zero attached hydrogens (tertiary/aromatic N) is 2. The Labute approximate surface area is 342 Å². The average Bonchev–Trinajstić information content (AvgIpc) is 3.88. The Bertz CT molecular complexity index is 1760. The van der Waals surface area contributed by atoms with Crippen molar-refractivity contribution in [1.82, 2.24) is 46.8 Å². The number of carbonyl (C=O) groups excluding carboxylic acids is 8. The molecule has 25 heteroatoms. The molecular weight excluding hydrogens is 798 g/mol. The molecule has 1 aliphatic heterocycles. The predicted molar refractivity (Wildman–Crippen MR) is 203 cm³/mol. The number of likely N-dealkylation sites (tertiary alicyclic amines) is 1. The molecule has 60 heavy (non-hydrogen) atoms. The van der Waals surface area contributed by atoms with Crippen LogP contribution >= 0.6 is 0 Å². The van der Waals surface area contributed by atoms with Crippen molar-refractivity contribution in [1.29, 1.82) is 0 Å². The topological polar surface area (TPSA) is 405 Å². The third kappa shape index (κ3) is 15.9. The lowest BCUT2D eigenvalue weighted by atomic mass is 9.97. The summed E-state index contributed by atoms with van der Waals surface area (Å²) in [5.74, 6) is -12.3. The molecule has 0 aliphatic carbocycles. The number of amides is 8. The standard InChI is InChI=1S/C35H53N11O14/c1-4-16(2)28(33(57)39-14-25(48)42-21(12-27(51)52)31(55)44-22(35(59)60)11-24(37)47)45-32(56)23-6-5-9-46(23)34(58)17(3)41-30(54)20(7-8-26(49)50)43-29(53)19(36)10-18-13-38-15-40-18/h13,15-17,19-23,28H,4-12,14,36H2,1-3H3,(H2,37,47)(H,38,40)(H,39,57)(H,41,54)(H,42,48)(H,43,53)(H,44,55)(H,45,56)(H,49,50)(H,51,52)(H,59,60)/t16-,17-,19-,20-,21-,22-,23-,28-/m0/s1. The molecule has 2 rings (SSSR count). The number of aromatic amines is 1. The Morgan fingerprint density at radius 1 is 0.850 bits per heavy atom. The summed E-state index contributed by atoms with van der Waals surface area (Å²) >= 11 is 0. The first-order valence-corrected chi connectivity index (χ1v) is 18.9. The number of hydrogen-bond acceptors (Lipinski definition) is 13. The van der Waals surface area contributed by atoms with Crippen molar-refractivity contribution < 1.29 is 68.1 Å². The monoisotopic (exact) mass is 851 g/mol. The van der Waals surface area contributed by atoms with E-state index in [-0.39, 0.29) is 25.8 Å². The number of primary amides is 1. The molecule has 2 heterocycles. The predicted octanol–water partition coefficient (Wildman–Crippen LogP) is -4.82. The second-order valence-electron chi connectivity index (χ2n) is 14.2. The molecule has 8 amide bonds. The minimum absolute atomic E-state index is 0.0378. The second-order valence-corrected chi connectivity index (χ2v) is 14.2. The number of nitrogens with one attached hydrogen (secondary N) is 7. The summed E-state index contributed by atoms with van der Waals surface area (Å²) < 4.78 is 0. The number of aromatic nitrogens is 2. The molecule has 0 spiro atoms. The summed E-state index contributed by atoms with van der Waals surface area (Å²) in [5.41, 5.74) is 11.5. The van der Waals surface area contributed by atoms with Crippen molar-refractivity contribution in [2.45, 2.75) is 114 Å². The highest BCUT2D eigenvalue weighted by atomic mass is 16.4. The van der Waals surface area contributed by atoms with Crippen LogP contribution in [0.3, 0.4) is 0 Å². The van der Waals surface area contributed by atoms with E-state index in [0.717, 1.165) is 0 Å². The van der Waals surface area contributed by atoms with E-state index in [1.54, 1.807) is 13.8 Å². The van der Waals surface area contributed by atoms with Gasteiger partial charge in [-0.25, -0.2) is 9.78 Å². The molecule has 0 radical (unpaired) electrons. The van der Waals surface area contributed by atoms with Crippen LogP contribution in [0.5, 0.6) is 0 Å². The number of rotatable bonds is 25. The van der Waals surface area contributed by atoms with Gasteiger partial charge in [-0.3, -0.25) is 47.9 Å². The number of aliphatic carboxylic acids is 3. The normalized spacial score (nSPS) is 16.9. The van der Waals surface area contributed by atoms with Crippen molar-refractivity contribution in [3.63, 3.8) is 0 Å². The van der Waals surface area contributed by atoms with Crippen LogP contribution in [0.2, 0.25) is 0 Å². The van der Waals surface area contributed by atoms with Crippen LogP contribution < -0.4 is 43.4 Å². The van der Waals surface area contributed by atoms with Gasteiger partial charge in [-0.1, -0.05) is 20.3 Å². The second kappa shape index (κ2) is 23.7. The van der Waals surface area contributed by atoms with Gasteiger partial charge in [0.1, 0.15) is 36.3 Å². The van der Waals surface area contributed by atoms with Crippen molar-refractivity contribution in [3.05, 3.63) is 18.2 Å². The molecule has 0 unspecified atom stereocenters. The SMILES string of the molecule is CC[C@H](C)[C@H](NC(=O)[C@@H]1CCCN1C(=O)[C@H](C)NC(=O)[C@H](CCC(=O)O)NC(=O)[C@@H](N)Cc1cnc[nH]1)C(=O)NCC(=O)N[C@@H](CC(=O)O)C(=O)N[C@@H](CC(N)=O)C(=O)O. The smallest absolute Gasteiger partial charge is 0.326 e. The number of H-pyrrole nitrogens is 1. The van der Waals surface area contributed by atoms with E-state index in [1.165, 1.54) is 24.3 Å². The molecule has 1 aromatic heterocycles. The summed E-state index contributed by atoms with van der Waals surface area (Å²) in [5, 5.41) is 41.5. The summed E-state index contributed by atoms with van der Waals surface area (Å²) in [7, 11) is 0. The van der Waals surface area contributed by atoms with Crippen LogP contribution in [0.1, 0.15) is 71.4 Å². The summed E-state index contributed by atoms with van der Waals surface area (Å²) in [6.07, 6.45) is 1.13. The van der Waals surface area contributed by atoms with Crippen LogP contribution in [0.25, 0.3) is 0 Å². The van der Waals surface area contributed by atoms with Gasteiger partial charge in [-0.2, -0.15) is 0 Å². The minimum Gasteiger partial charge on any atom is -0.481 e. The van der Waals surface area contributed by atoms with Crippen molar-refractivity contribution in [3.8, 4) is 0 Å². The molecule has 1 aliphatic rings. The number of imidazole rings is 1. The Morgan fingerprint density at radius 2 is 1.50 bits per heavy atom. The summed E-state index contributed by atoms with van der Waals surface area (Å²) in [6, 6.07) is -9.76. The lowest BCUT2D eigenvalue weighted by Crippen LogP contribution is -2.59. The van der Waals surface area contributed by atoms with E-state index in [1.807, 2.05) is 5.32 Å². The number of carboxylic acids is 3. The highest BCUT2D eigenvalue weighted by Crippen LogP contribution is 2.20. The van der Waals surface area contributed by atoms with Crippen LogP contribution in [0.4, 0.5) is 0 Å². The first kappa shape index (κ1) is 49.5. The molecular formula is C35H53N11O14. The van der Waals surface area contributed by atoms with Gasteiger partial charge in [-0.05, 0) is 32.1 Å². The van der Waals surface area contributed by atoms with Crippen LogP contribution in [-0.2, 0) is 59.2 Å². The highest BCUT2D eigenvalue weighted by molar-refractivity contribution is 5.98. The van der Waals surface area contributed by atoms with Gasteiger partial charge < -0.3 is 68.6 Å². The molecule has 0 saturated carbocycles. The summed E-state index contributed by atoms with van der Waals surface area (Å²) in [6.45, 7) is 3.96. The largest absolute Gasteiger partial charge is 0.481 e. The zero-order valence-electron chi connectivity index (χ0n) is 33.2. The fourth-order valence-electron chi connectivity index (χ4n) is 6.00. The molecule has 1 fully saturated rings. The Morgan fingerprint density at radius 3 is 2.07 bits per heavy atom. The highest BCUT2D eigenvalue weighted by Gasteiger charge is 2.39. The molecule has 332 valence electrons. The van der Waals surface area contributed by atoms with Crippen LogP contribution in [-0.4, -0.2) is 151 Å². The third-order valence-corrected chi connectivity index (χ3v) is 9.45. The third-order valence-electron chi connectivity index (χ3n) is 9.45. The number of carboxylic acid groups (broad SMARTS) is 3. The zero-order valence-corrected chi connectivity index (χ0v) is 33.2. The van der Waals surface area contributed by atoms with Gasteiger partial charge >= 0.3 is 17.9 Å². The van der Waals surface area contributed by atoms with E-state index in [2.05, 4.69) is 36.6 Å². The van der Waals surface area contributed by atoms with Gasteiger partial charge in [-0.15, -0.1) is 0 Å². The van der Waals surface area contributed by atoms with Crippen molar-refractivity contribution in [2.75, 3.05) is 13.1 Å². The lowest BCUT2D eigenvalue weighted by Gasteiger charge is -2.30. The molecule has 25 nitrogen and oxygen atoms in total. The van der Waals surface area contributed by atoms with Gasteiger partial charge in [0.05, 0.1) is 31.8 Å². The van der Waals surface area contributed by atoms with Gasteiger partial charge in [0.25, 0.3) is 0 Å². The maximum absolute atomic E-state index is 13.6. The average molecular weight is 852 g/mol. The Balaban J connectivity index is 2.09. The van der Waals surface area contributed by atoms with Crippen LogP contribution in [0, 0.1) is 5.92 Å². The first-order valence-electron chi connectivity index (χ1n) is 18.9. The van der Waals surface area contributed by atoms with Crippen LogP contribution in [0.15, 0.2) is 12.5 Å². The quantitative estimate of drug-likeness (QED) is 0.0439. The van der Waals surface area contributed by atoms with E-state index in [0.29, 0.717) is 18.5 Å². The first-order chi connectivity index (χ1) is 28.1. The Hall–Kier alpha value is -6.66. The zero-order chi connectivity index (χ0) is 45.3. The van der Waals surface area contributed by atoms with E-state index >= 15 is 0 Å². The number of nitrogens with two attached hydrogens (primary N) is 2. The molecule has 0 bridgehead atoms. The van der Waals surface area contributed by atoms with Crippen molar-refractivity contribution in [2.24, 2.45) is 17.4 Å². The van der Waals surface area contributed by atoms with Gasteiger partial charge in [0, 0.05) is 31.3 Å². The van der Waals surface area contributed by atoms with E-state index in [4.69, 9.17) is 11.5 Å². The minimum atomic E-state index is -1.82. The van der Waals surface area contributed by atoms with Gasteiger partial charge in [0.15, 0.2) is 0 Å². The molecule has 8 atom stereocenters. The lowest BCUT2D eigenvalue weighted by molar-refractivity contribution is -0.144. The fraction of sp³-hybridized carbons (Fsp3) is 0.600. The number of hydrogen-bond donors (Lipinski definition) is 12. The van der Waals surface area contributed by atoms with Gasteiger partial charge in [0.2, 0.25) is 47.3 Å². The molecule has 14 N–H and O–H groups in total. The molecule has 1 saturated heterocycles. The van der Waals surface area contributed by atoms with Crippen molar-refractivity contribution >= 4 is 65.2 Å². The molecule has 0 aromatic carbocycles. The maximum Gasteiger partial charge on any atom is 0.326 e. The molecule has 1 aromatic rings. The summed E-state index contributed by atoms with van der Waals surface area (Å²) in [4.78, 5) is 145. The Kier molecular flexibility index (Phi) is 19.5. The van der Waals surface area contributed by atoms with E-state index < -0.39 is 139 Å².